The van der Waals surface area contributed by atoms with Gasteiger partial charge in [-0.1, -0.05) is 13.8 Å². The van der Waals surface area contributed by atoms with E-state index in [1.165, 1.54) is 0 Å². The van der Waals surface area contributed by atoms with Crippen molar-refractivity contribution in [3.8, 4) is 0 Å². The number of hydrogen-bond acceptors (Lipinski definition) is 3. The number of ether oxygens (including phenoxy) is 1. The van der Waals surface area contributed by atoms with E-state index in [-0.39, 0.29) is 18.4 Å². The standard InChI is InChI=1S/C15H30N2O4/c1-6-21-15(4,5)10-17-14(20)16-9-12(7-11(2)3)8-13(18)19/h11-12H,6-10H2,1-5H3,(H,18,19)(H2,16,17,20)/t12-/m0/s1. The Kier molecular flexibility index (Phi) is 9.01. The normalized spacial score (nSPS) is 13.0. The molecule has 0 aromatic heterocycles. The molecule has 0 bridgehead atoms. The van der Waals surface area contributed by atoms with Gasteiger partial charge in [0.1, 0.15) is 0 Å². The van der Waals surface area contributed by atoms with E-state index in [1.54, 1.807) is 0 Å². The first-order valence-electron chi connectivity index (χ1n) is 7.53. The maximum absolute atomic E-state index is 11.7. The quantitative estimate of drug-likeness (QED) is 0.577. The highest BCUT2D eigenvalue weighted by Crippen LogP contribution is 2.14. The molecule has 0 aromatic rings. The van der Waals surface area contributed by atoms with Gasteiger partial charge in [-0.25, -0.2) is 4.79 Å². The number of carbonyl (C=O) groups excluding carboxylic acids is 1. The molecular formula is C15H30N2O4. The van der Waals surface area contributed by atoms with Gasteiger partial charge in [-0.05, 0) is 39.0 Å². The van der Waals surface area contributed by atoms with Crippen LogP contribution in [0, 0.1) is 11.8 Å². The number of carbonyl (C=O) groups is 2. The minimum atomic E-state index is -0.833. The third-order valence-corrected chi connectivity index (χ3v) is 3.03. The van der Waals surface area contributed by atoms with Gasteiger partial charge in [0, 0.05) is 26.1 Å². The average Bonchev–Trinajstić information content (AvgIpc) is 2.32. The summed E-state index contributed by atoms with van der Waals surface area (Å²) in [7, 11) is 0. The van der Waals surface area contributed by atoms with Crippen molar-refractivity contribution in [1.29, 1.82) is 0 Å². The van der Waals surface area contributed by atoms with Crippen LogP contribution in [0.4, 0.5) is 4.79 Å². The van der Waals surface area contributed by atoms with Crippen molar-refractivity contribution in [2.45, 2.75) is 53.1 Å². The second-order valence-corrected chi connectivity index (χ2v) is 6.35. The highest BCUT2D eigenvalue weighted by Gasteiger charge is 2.19. The second kappa shape index (κ2) is 9.60. The molecule has 0 saturated carbocycles. The molecule has 2 amide bonds. The second-order valence-electron chi connectivity index (χ2n) is 6.35. The number of carboxylic acids is 1. The summed E-state index contributed by atoms with van der Waals surface area (Å²) >= 11 is 0. The van der Waals surface area contributed by atoms with Crippen LogP contribution in [0.25, 0.3) is 0 Å². The monoisotopic (exact) mass is 302 g/mol. The van der Waals surface area contributed by atoms with Gasteiger partial charge in [0.05, 0.1) is 5.60 Å². The van der Waals surface area contributed by atoms with Crippen LogP contribution < -0.4 is 10.6 Å². The molecule has 6 heteroatoms. The molecule has 1 atom stereocenters. The van der Waals surface area contributed by atoms with Gasteiger partial charge in [0.2, 0.25) is 0 Å². The van der Waals surface area contributed by atoms with Gasteiger partial charge < -0.3 is 20.5 Å². The van der Waals surface area contributed by atoms with E-state index in [9.17, 15) is 9.59 Å². The fourth-order valence-corrected chi connectivity index (χ4v) is 2.19. The van der Waals surface area contributed by atoms with Gasteiger partial charge in [-0.3, -0.25) is 4.79 Å². The Balaban J connectivity index is 4.15. The first-order valence-corrected chi connectivity index (χ1v) is 7.53. The first-order chi connectivity index (χ1) is 9.66. The van der Waals surface area contributed by atoms with E-state index < -0.39 is 11.6 Å². The molecule has 0 rings (SSSR count). The van der Waals surface area contributed by atoms with Crippen LogP contribution in [0.15, 0.2) is 0 Å². The lowest BCUT2D eigenvalue weighted by Gasteiger charge is -2.25. The van der Waals surface area contributed by atoms with Crippen molar-refractivity contribution in [1.82, 2.24) is 10.6 Å². The zero-order chi connectivity index (χ0) is 16.5. The molecule has 3 N–H and O–H groups in total. The molecule has 0 spiro atoms. The van der Waals surface area contributed by atoms with Gasteiger partial charge in [-0.2, -0.15) is 0 Å². The highest BCUT2D eigenvalue weighted by atomic mass is 16.5. The van der Waals surface area contributed by atoms with E-state index in [0.29, 0.717) is 25.6 Å². The lowest BCUT2D eigenvalue weighted by Crippen LogP contribution is -2.45. The predicted molar refractivity (Wildman–Crippen MR) is 82.3 cm³/mol. The lowest BCUT2D eigenvalue weighted by atomic mass is 9.94. The van der Waals surface area contributed by atoms with Crippen molar-refractivity contribution >= 4 is 12.0 Å². The fraction of sp³-hybridized carbons (Fsp3) is 0.867. The molecule has 0 radical (unpaired) electrons. The van der Waals surface area contributed by atoms with Crippen molar-refractivity contribution in [3.05, 3.63) is 0 Å². The number of urea groups is 1. The third-order valence-electron chi connectivity index (χ3n) is 3.03. The van der Waals surface area contributed by atoms with Crippen LogP contribution in [0.2, 0.25) is 0 Å². The summed E-state index contributed by atoms with van der Waals surface area (Å²) in [5.41, 5.74) is -0.412. The van der Waals surface area contributed by atoms with Crippen molar-refractivity contribution in [2.24, 2.45) is 11.8 Å². The van der Waals surface area contributed by atoms with Gasteiger partial charge in [0.15, 0.2) is 0 Å². The third kappa shape index (κ3) is 11.1. The van der Waals surface area contributed by atoms with Gasteiger partial charge in [0.25, 0.3) is 0 Å². The molecular weight excluding hydrogens is 272 g/mol. The molecule has 0 fully saturated rings. The molecule has 21 heavy (non-hydrogen) atoms. The SMILES string of the molecule is CCOC(C)(C)CNC(=O)NC[C@H](CC(=O)O)CC(C)C. The summed E-state index contributed by atoms with van der Waals surface area (Å²) in [5.74, 6) is -0.482. The topological polar surface area (TPSA) is 87.7 Å². The summed E-state index contributed by atoms with van der Waals surface area (Å²) in [4.78, 5) is 22.6. The smallest absolute Gasteiger partial charge is 0.314 e. The molecule has 6 nitrogen and oxygen atoms in total. The molecule has 0 aliphatic rings. The van der Waals surface area contributed by atoms with E-state index in [1.807, 2.05) is 34.6 Å². The summed E-state index contributed by atoms with van der Waals surface area (Å²) < 4.78 is 5.49. The van der Waals surface area contributed by atoms with E-state index in [2.05, 4.69) is 10.6 Å². The summed E-state index contributed by atoms with van der Waals surface area (Å²) in [6, 6.07) is -0.290. The van der Waals surface area contributed by atoms with Crippen LogP contribution in [-0.2, 0) is 9.53 Å². The van der Waals surface area contributed by atoms with Crippen molar-refractivity contribution in [3.63, 3.8) is 0 Å². The number of nitrogens with one attached hydrogen (secondary N) is 2. The largest absolute Gasteiger partial charge is 0.481 e. The number of amides is 2. The Morgan fingerprint density at radius 3 is 2.33 bits per heavy atom. The number of rotatable bonds is 10. The maximum Gasteiger partial charge on any atom is 0.314 e. The number of aliphatic carboxylic acids is 1. The van der Waals surface area contributed by atoms with Crippen LogP contribution in [0.5, 0.6) is 0 Å². The van der Waals surface area contributed by atoms with Crippen LogP contribution >= 0.6 is 0 Å². The minimum absolute atomic E-state index is 0.0480. The summed E-state index contributed by atoms with van der Waals surface area (Å²) in [6.45, 7) is 11.2. The van der Waals surface area contributed by atoms with Crippen molar-refractivity contribution in [2.75, 3.05) is 19.7 Å². The first kappa shape index (κ1) is 19.7. The fourth-order valence-electron chi connectivity index (χ4n) is 2.19. The van der Waals surface area contributed by atoms with E-state index >= 15 is 0 Å². The Morgan fingerprint density at radius 2 is 1.86 bits per heavy atom. The van der Waals surface area contributed by atoms with E-state index in [0.717, 1.165) is 6.42 Å². The zero-order valence-electron chi connectivity index (χ0n) is 13.9. The Bertz CT molecular complexity index is 330. The lowest BCUT2D eigenvalue weighted by molar-refractivity contribution is -0.138. The maximum atomic E-state index is 11.7. The minimum Gasteiger partial charge on any atom is -0.481 e. The predicted octanol–water partition coefficient (Wildman–Crippen LogP) is 2.24. The van der Waals surface area contributed by atoms with E-state index in [4.69, 9.17) is 9.84 Å². The van der Waals surface area contributed by atoms with Crippen LogP contribution in [-0.4, -0.2) is 42.4 Å². The number of carboxylic acid groups (broad SMARTS) is 1. The van der Waals surface area contributed by atoms with Crippen molar-refractivity contribution < 1.29 is 19.4 Å². The van der Waals surface area contributed by atoms with Crippen LogP contribution in [0.3, 0.4) is 0 Å². The number of hydrogen-bond donors (Lipinski definition) is 3. The molecule has 0 aliphatic heterocycles. The Hall–Kier alpha value is -1.30. The molecule has 0 aromatic carbocycles. The molecule has 0 unspecified atom stereocenters. The van der Waals surface area contributed by atoms with Gasteiger partial charge in [-0.15, -0.1) is 0 Å². The molecule has 124 valence electrons. The molecule has 0 heterocycles. The Morgan fingerprint density at radius 1 is 1.24 bits per heavy atom. The highest BCUT2D eigenvalue weighted by molar-refractivity contribution is 5.74. The molecule has 0 aliphatic carbocycles. The molecule has 0 saturated heterocycles. The van der Waals surface area contributed by atoms with Crippen LogP contribution in [0.1, 0.15) is 47.5 Å². The average molecular weight is 302 g/mol. The summed E-state index contributed by atoms with van der Waals surface area (Å²) in [6.07, 6.45) is 0.847. The summed E-state index contributed by atoms with van der Waals surface area (Å²) in [5, 5.41) is 14.4. The zero-order valence-corrected chi connectivity index (χ0v) is 13.9. The Labute approximate surface area is 127 Å². The van der Waals surface area contributed by atoms with Gasteiger partial charge >= 0.3 is 12.0 Å².